The number of nitrogens with one attached hydrogen (secondary N) is 1. The van der Waals surface area contributed by atoms with Crippen molar-refractivity contribution in [2.24, 2.45) is 12.2 Å². The number of sulfonamides is 1. The van der Waals surface area contributed by atoms with Crippen LogP contribution in [-0.4, -0.2) is 34.3 Å². The quantitative estimate of drug-likeness (QED) is 0.731. The molecular weight excluding hydrogens is 362 g/mol. The van der Waals surface area contributed by atoms with Crippen LogP contribution in [0.4, 0.5) is 5.69 Å². The third-order valence-corrected chi connectivity index (χ3v) is 5.98. The van der Waals surface area contributed by atoms with Crippen LogP contribution in [0.5, 0.6) is 0 Å². The van der Waals surface area contributed by atoms with E-state index in [9.17, 15) is 13.2 Å². The zero-order valence-electron chi connectivity index (χ0n) is 13.8. The van der Waals surface area contributed by atoms with E-state index in [1.807, 2.05) is 11.6 Å². The van der Waals surface area contributed by atoms with Crippen LogP contribution in [0, 0.1) is 0 Å². The molecule has 8 nitrogen and oxygen atoms in total. The van der Waals surface area contributed by atoms with Crippen molar-refractivity contribution in [2.75, 3.05) is 5.32 Å². The maximum absolute atomic E-state index is 12.3. The topological polar surface area (TPSA) is 120 Å². The molecule has 1 unspecified atom stereocenters. The van der Waals surface area contributed by atoms with Crippen molar-refractivity contribution in [1.82, 2.24) is 14.8 Å². The van der Waals surface area contributed by atoms with E-state index in [0.717, 1.165) is 18.7 Å². The van der Waals surface area contributed by atoms with Gasteiger partial charge in [0.15, 0.2) is 5.16 Å². The van der Waals surface area contributed by atoms with E-state index < -0.39 is 10.0 Å². The smallest absolute Gasteiger partial charge is 0.238 e. The van der Waals surface area contributed by atoms with Gasteiger partial charge in [0, 0.05) is 18.7 Å². The highest BCUT2D eigenvalue weighted by Crippen LogP contribution is 2.39. The largest absolute Gasteiger partial charge is 0.325 e. The second-order valence-corrected chi connectivity index (χ2v) is 8.86. The van der Waals surface area contributed by atoms with Gasteiger partial charge in [0.1, 0.15) is 5.82 Å². The van der Waals surface area contributed by atoms with Crippen LogP contribution in [0.2, 0.25) is 0 Å². The Morgan fingerprint density at radius 3 is 2.52 bits per heavy atom. The number of amides is 1. The summed E-state index contributed by atoms with van der Waals surface area (Å²) in [5, 5.41) is 16.5. The Kier molecular flexibility index (Phi) is 4.85. The number of carbonyl (C=O) groups is 1. The summed E-state index contributed by atoms with van der Waals surface area (Å²) >= 11 is 1.33. The monoisotopic (exact) mass is 381 g/mol. The molecule has 1 atom stereocenters. The van der Waals surface area contributed by atoms with E-state index >= 15 is 0 Å². The van der Waals surface area contributed by atoms with E-state index in [2.05, 4.69) is 15.5 Å². The first-order valence-corrected chi connectivity index (χ1v) is 10.2. The van der Waals surface area contributed by atoms with Gasteiger partial charge in [0.2, 0.25) is 15.9 Å². The lowest BCUT2D eigenvalue weighted by Gasteiger charge is -2.12. The van der Waals surface area contributed by atoms with Crippen molar-refractivity contribution in [3.05, 3.63) is 30.1 Å². The van der Waals surface area contributed by atoms with E-state index in [1.165, 1.54) is 36.0 Å². The number of anilines is 1. The van der Waals surface area contributed by atoms with Gasteiger partial charge >= 0.3 is 0 Å². The Balaban J connectivity index is 1.62. The third-order valence-electron chi connectivity index (χ3n) is 3.91. The number of primary sulfonamides is 1. The molecule has 0 spiro atoms. The molecule has 1 heterocycles. The predicted octanol–water partition coefficient (Wildman–Crippen LogP) is 1.46. The zero-order chi connectivity index (χ0) is 18.2. The van der Waals surface area contributed by atoms with Crippen molar-refractivity contribution >= 4 is 33.4 Å². The minimum atomic E-state index is -3.74. The second-order valence-electron chi connectivity index (χ2n) is 5.99. The summed E-state index contributed by atoms with van der Waals surface area (Å²) in [7, 11) is -1.84. The molecule has 2 aromatic rings. The van der Waals surface area contributed by atoms with Crippen molar-refractivity contribution in [3.63, 3.8) is 0 Å². The molecular formula is C15H19N5O3S2. The maximum atomic E-state index is 12.3. The summed E-state index contributed by atoms with van der Waals surface area (Å²) in [5.74, 6) is 1.26. The molecule has 3 rings (SSSR count). The number of benzene rings is 1. The van der Waals surface area contributed by atoms with E-state index in [4.69, 9.17) is 5.14 Å². The van der Waals surface area contributed by atoms with Gasteiger partial charge in [-0.1, -0.05) is 11.8 Å². The highest BCUT2D eigenvalue weighted by atomic mass is 32.2. The molecule has 1 aromatic carbocycles. The number of carbonyl (C=O) groups excluding carboxylic acids is 1. The minimum Gasteiger partial charge on any atom is -0.325 e. The number of aromatic nitrogens is 3. The van der Waals surface area contributed by atoms with Crippen LogP contribution in [-0.2, 0) is 21.9 Å². The first-order valence-electron chi connectivity index (χ1n) is 7.75. The van der Waals surface area contributed by atoms with Gasteiger partial charge in [-0.3, -0.25) is 4.79 Å². The van der Waals surface area contributed by atoms with Crippen molar-refractivity contribution < 1.29 is 13.2 Å². The lowest BCUT2D eigenvalue weighted by atomic mass is 10.3. The first kappa shape index (κ1) is 17.9. The molecule has 1 aliphatic carbocycles. The number of nitrogens with zero attached hydrogens (tertiary/aromatic N) is 3. The van der Waals surface area contributed by atoms with Gasteiger partial charge < -0.3 is 9.88 Å². The van der Waals surface area contributed by atoms with Crippen LogP contribution in [0.25, 0.3) is 0 Å². The van der Waals surface area contributed by atoms with Gasteiger partial charge in [-0.25, -0.2) is 13.6 Å². The molecule has 10 heteroatoms. The second kappa shape index (κ2) is 6.77. The molecule has 1 aliphatic rings. The summed E-state index contributed by atoms with van der Waals surface area (Å²) in [5.41, 5.74) is 0.501. The lowest BCUT2D eigenvalue weighted by molar-refractivity contribution is -0.115. The van der Waals surface area contributed by atoms with Gasteiger partial charge in [-0.15, -0.1) is 10.2 Å². The Labute approximate surface area is 150 Å². The fourth-order valence-electron chi connectivity index (χ4n) is 2.31. The van der Waals surface area contributed by atoms with Crippen LogP contribution in [0.15, 0.2) is 34.3 Å². The molecule has 1 amide bonds. The molecule has 1 aromatic heterocycles. The molecule has 0 saturated heterocycles. The summed E-state index contributed by atoms with van der Waals surface area (Å²) in [6, 6.07) is 5.71. The molecule has 1 saturated carbocycles. The Morgan fingerprint density at radius 2 is 1.96 bits per heavy atom. The van der Waals surface area contributed by atoms with Gasteiger partial charge in [0.05, 0.1) is 10.1 Å². The van der Waals surface area contributed by atoms with Crippen LogP contribution >= 0.6 is 11.8 Å². The average molecular weight is 381 g/mol. The van der Waals surface area contributed by atoms with Crippen LogP contribution < -0.4 is 10.5 Å². The SMILES string of the molecule is CC(Sc1nnc(C2CC2)n1C)C(=O)Nc1ccc(S(N)(=O)=O)cc1. The number of hydrogen-bond donors (Lipinski definition) is 2. The van der Waals surface area contributed by atoms with Crippen LogP contribution in [0.3, 0.4) is 0 Å². The standard InChI is InChI=1S/C15H19N5O3S2/c1-9(24-15-19-18-13(20(15)2)10-3-4-10)14(21)17-11-5-7-12(8-6-11)25(16,22)23/h5-10H,3-4H2,1-2H3,(H,17,21)(H2,16,22,23). The van der Waals surface area contributed by atoms with E-state index in [1.54, 1.807) is 6.92 Å². The van der Waals surface area contributed by atoms with Gasteiger partial charge in [0.25, 0.3) is 0 Å². The highest BCUT2D eigenvalue weighted by Gasteiger charge is 2.30. The molecule has 1 fully saturated rings. The summed E-state index contributed by atoms with van der Waals surface area (Å²) < 4.78 is 24.4. The molecule has 0 bridgehead atoms. The lowest BCUT2D eigenvalue weighted by Crippen LogP contribution is -2.23. The fourth-order valence-corrected chi connectivity index (χ4v) is 3.65. The average Bonchev–Trinajstić information content (AvgIpc) is 3.32. The summed E-state index contributed by atoms with van der Waals surface area (Å²) in [6.45, 7) is 1.78. The minimum absolute atomic E-state index is 0.000359. The normalized spacial score (nSPS) is 15.8. The summed E-state index contributed by atoms with van der Waals surface area (Å²) in [4.78, 5) is 12.3. The number of nitrogens with two attached hydrogens (primary N) is 1. The molecule has 0 aliphatic heterocycles. The molecule has 3 N–H and O–H groups in total. The van der Waals surface area contributed by atoms with Crippen molar-refractivity contribution in [3.8, 4) is 0 Å². The van der Waals surface area contributed by atoms with E-state index in [-0.39, 0.29) is 16.1 Å². The fraction of sp³-hybridized carbons (Fsp3) is 0.400. The molecule has 25 heavy (non-hydrogen) atoms. The first-order chi connectivity index (χ1) is 11.8. The van der Waals surface area contributed by atoms with E-state index in [0.29, 0.717) is 16.8 Å². The Bertz CT molecular complexity index is 888. The van der Waals surface area contributed by atoms with Crippen molar-refractivity contribution in [1.29, 1.82) is 0 Å². The third kappa shape index (κ3) is 4.20. The number of thioether (sulfide) groups is 1. The van der Waals surface area contributed by atoms with Gasteiger partial charge in [-0.05, 0) is 44.0 Å². The Hall–Kier alpha value is -1.91. The zero-order valence-corrected chi connectivity index (χ0v) is 15.5. The Morgan fingerprint density at radius 1 is 1.32 bits per heavy atom. The van der Waals surface area contributed by atoms with Crippen LogP contribution in [0.1, 0.15) is 31.5 Å². The van der Waals surface area contributed by atoms with Crippen molar-refractivity contribution in [2.45, 2.75) is 41.0 Å². The predicted molar refractivity (Wildman–Crippen MR) is 94.7 cm³/mol. The van der Waals surface area contributed by atoms with Gasteiger partial charge in [-0.2, -0.15) is 0 Å². The summed E-state index contributed by atoms with van der Waals surface area (Å²) in [6.07, 6.45) is 2.28. The number of hydrogen-bond acceptors (Lipinski definition) is 6. The highest BCUT2D eigenvalue weighted by molar-refractivity contribution is 8.00. The molecule has 0 radical (unpaired) electrons. The maximum Gasteiger partial charge on any atom is 0.238 e. The number of rotatable bonds is 6. The molecule has 134 valence electrons.